The van der Waals surface area contributed by atoms with Gasteiger partial charge in [-0.05, 0) is 25.7 Å². The molecular formula is C13H24N2O3S. The fraction of sp³-hybridized carbons (Fsp3) is 0.846. The highest BCUT2D eigenvalue weighted by molar-refractivity contribution is 7.99. The number of nitrogens with zero attached hydrogens (tertiary/aromatic N) is 1. The van der Waals surface area contributed by atoms with Crippen LogP contribution in [0, 0.1) is 5.41 Å². The topological polar surface area (TPSA) is 69.6 Å². The lowest BCUT2D eigenvalue weighted by Gasteiger charge is -2.35. The molecule has 5 nitrogen and oxygen atoms in total. The molecule has 1 atom stereocenters. The fourth-order valence-electron chi connectivity index (χ4n) is 2.58. The zero-order valence-electron chi connectivity index (χ0n) is 12.3. The van der Waals surface area contributed by atoms with Crippen LogP contribution < -0.4 is 5.32 Å². The van der Waals surface area contributed by atoms with Crippen LogP contribution in [0.3, 0.4) is 0 Å². The van der Waals surface area contributed by atoms with Gasteiger partial charge in [-0.25, -0.2) is 9.59 Å². The van der Waals surface area contributed by atoms with Crippen molar-refractivity contribution in [2.24, 2.45) is 5.41 Å². The molecule has 1 aliphatic heterocycles. The molecule has 0 spiro atoms. The van der Waals surface area contributed by atoms with Crippen molar-refractivity contribution < 1.29 is 14.7 Å². The number of aliphatic carboxylic acids is 1. The molecule has 0 aromatic carbocycles. The van der Waals surface area contributed by atoms with Crippen LogP contribution in [-0.4, -0.2) is 45.2 Å². The van der Waals surface area contributed by atoms with E-state index in [4.69, 9.17) is 5.11 Å². The maximum atomic E-state index is 12.2. The highest BCUT2D eigenvalue weighted by Crippen LogP contribution is 2.28. The highest BCUT2D eigenvalue weighted by Gasteiger charge is 2.37. The summed E-state index contributed by atoms with van der Waals surface area (Å²) in [5.41, 5.74) is -0.256. The summed E-state index contributed by atoms with van der Waals surface area (Å²) in [4.78, 5) is 24.7. The van der Waals surface area contributed by atoms with Crippen molar-refractivity contribution in [1.29, 1.82) is 0 Å². The highest BCUT2D eigenvalue weighted by atomic mass is 32.2. The van der Waals surface area contributed by atoms with Crippen molar-refractivity contribution in [2.45, 2.75) is 52.6 Å². The number of nitrogens with one attached hydrogen (secondary N) is 1. The number of thioether (sulfide) groups is 1. The van der Waals surface area contributed by atoms with Gasteiger partial charge < -0.3 is 15.3 Å². The first-order valence-corrected chi connectivity index (χ1v) is 7.57. The Kier molecular flexibility index (Phi) is 4.76. The average Bonchev–Trinajstić information content (AvgIpc) is 2.59. The van der Waals surface area contributed by atoms with E-state index in [0.717, 1.165) is 6.42 Å². The summed E-state index contributed by atoms with van der Waals surface area (Å²) in [6.45, 7) is 10.3. The van der Waals surface area contributed by atoms with Crippen LogP contribution >= 0.6 is 11.8 Å². The molecule has 1 saturated heterocycles. The zero-order chi connectivity index (χ0) is 14.8. The predicted molar refractivity (Wildman–Crippen MR) is 77.3 cm³/mol. The fourth-order valence-corrected chi connectivity index (χ4v) is 3.72. The molecule has 1 aliphatic rings. The van der Waals surface area contributed by atoms with Crippen molar-refractivity contribution in [3.05, 3.63) is 0 Å². The van der Waals surface area contributed by atoms with Gasteiger partial charge in [0.25, 0.3) is 0 Å². The Balaban J connectivity index is 2.66. The van der Waals surface area contributed by atoms with Gasteiger partial charge in [-0.2, -0.15) is 0 Å². The van der Waals surface area contributed by atoms with Gasteiger partial charge in [0.15, 0.2) is 0 Å². The summed E-state index contributed by atoms with van der Waals surface area (Å²) < 4.78 is 0. The molecule has 0 aromatic heterocycles. The molecule has 6 heteroatoms. The Hall–Kier alpha value is -0.910. The summed E-state index contributed by atoms with van der Waals surface area (Å²) in [5, 5.41) is 12.0. The van der Waals surface area contributed by atoms with Crippen molar-refractivity contribution in [1.82, 2.24) is 10.2 Å². The molecule has 0 bridgehead atoms. The number of rotatable bonds is 3. The monoisotopic (exact) mass is 288 g/mol. The largest absolute Gasteiger partial charge is 0.480 e. The van der Waals surface area contributed by atoms with Gasteiger partial charge in [-0.15, -0.1) is 11.8 Å². The van der Waals surface area contributed by atoms with Crippen LogP contribution in [0.5, 0.6) is 0 Å². The van der Waals surface area contributed by atoms with E-state index in [0.29, 0.717) is 11.6 Å². The Bertz CT molecular complexity index is 363. The molecule has 2 N–H and O–H groups in total. The number of hydrogen-bond acceptors (Lipinski definition) is 3. The first-order chi connectivity index (χ1) is 8.52. The third-order valence-electron chi connectivity index (χ3n) is 2.85. The van der Waals surface area contributed by atoms with E-state index in [1.165, 1.54) is 16.7 Å². The molecule has 0 radical (unpaired) electrons. The van der Waals surface area contributed by atoms with E-state index >= 15 is 0 Å². The SMILES string of the molecule is CC(C)(C)CC(C)(C)NC(=O)N1CSC[C@H]1C(=O)O. The van der Waals surface area contributed by atoms with Crippen molar-refractivity contribution in [3.63, 3.8) is 0 Å². The standard InChI is InChI=1S/C13H24N2O3S/c1-12(2,3)7-13(4,5)14-11(18)15-8-19-6-9(15)10(16)17/h9H,6-8H2,1-5H3,(H,14,18)(H,16,17)/t9-/m0/s1. The molecule has 0 saturated carbocycles. The molecule has 0 aliphatic carbocycles. The van der Waals surface area contributed by atoms with Gasteiger partial charge in [-0.3, -0.25) is 0 Å². The van der Waals surface area contributed by atoms with Gasteiger partial charge in [0.2, 0.25) is 0 Å². The van der Waals surface area contributed by atoms with Gasteiger partial charge in [0.1, 0.15) is 6.04 Å². The second kappa shape index (κ2) is 5.61. The lowest BCUT2D eigenvalue weighted by atomic mass is 9.82. The van der Waals surface area contributed by atoms with Crippen molar-refractivity contribution >= 4 is 23.8 Å². The minimum atomic E-state index is -0.936. The minimum absolute atomic E-state index is 0.0999. The van der Waals surface area contributed by atoms with Crippen LogP contribution in [0.4, 0.5) is 4.79 Å². The third kappa shape index (κ3) is 4.93. The molecule has 1 fully saturated rings. The minimum Gasteiger partial charge on any atom is -0.480 e. The Labute approximate surface area is 119 Å². The van der Waals surface area contributed by atoms with Gasteiger partial charge in [-0.1, -0.05) is 20.8 Å². The molecule has 1 rings (SSSR count). The number of carbonyl (C=O) groups excluding carboxylic acids is 1. The predicted octanol–water partition coefficient (Wildman–Crippen LogP) is 2.37. The maximum Gasteiger partial charge on any atom is 0.327 e. The van der Waals surface area contributed by atoms with E-state index in [1.54, 1.807) is 0 Å². The molecule has 1 heterocycles. The number of amides is 2. The van der Waals surface area contributed by atoms with E-state index in [9.17, 15) is 9.59 Å². The summed E-state index contributed by atoms with van der Waals surface area (Å²) in [6, 6.07) is -0.998. The molecule has 0 unspecified atom stereocenters. The van der Waals surface area contributed by atoms with Crippen LogP contribution in [0.25, 0.3) is 0 Å². The quantitative estimate of drug-likeness (QED) is 0.836. The summed E-state index contributed by atoms with van der Waals surface area (Å²) >= 11 is 1.47. The Morgan fingerprint density at radius 3 is 2.37 bits per heavy atom. The third-order valence-corrected chi connectivity index (χ3v) is 3.86. The second-order valence-corrected chi connectivity index (χ2v) is 7.87. The summed E-state index contributed by atoms with van der Waals surface area (Å²) in [5.74, 6) is -0.0367. The molecule has 2 amide bonds. The Morgan fingerprint density at radius 1 is 1.32 bits per heavy atom. The number of carboxylic acid groups (broad SMARTS) is 1. The average molecular weight is 288 g/mol. The van der Waals surface area contributed by atoms with E-state index in [2.05, 4.69) is 26.1 Å². The maximum absolute atomic E-state index is 12.2. The smallest absolute Gasteiger partial charge is 0.327 e. The van der Waals surface area contributed by atoms with E-state index in [-0.39, 0.29) is 17.0 Å². The van der Waals surface area contributed by atoms with Crippen molar-refractivity contribution in [2.75, 3.05) is 11.6 Å². The van der Waals surface area contributed by atoms with Gasteiger partial charge >= 0.3 is 12.0 Å². The van der Waals surface area contributed by atoms with Gasteiger partial charge in [0, 0.05) is 11.3 Å². The number of urea groups is 1. The summed E-state index contributed by atoms with van der Waals surface area (Å²) in [7, 11) is 0. The van der Waals surface area contributed by atoms with Crippen LogP contribution in [0.1, 0.15) is 41.0 Å². The lowest BCUT2D eigenvalue weighted by Crippen LogP contribution is -2.54. The second-order valence-electron chi connectivity index (χ2n) is 6.88. The van der Waals surface area contributed by atoms with Crippen molar-refractivity contribution in [3.8, 4) is 0 Å². The van der Waals surface area contributed by atoms with E-state index < -0.39 is 12.0 Å². The number of carbonyl (C=O) groups is 2. The molecule has 110 valence electrons. The van der Waals surface area contributed by atoms with Crippen LogP contribution in [-0.2, 0) is 4.79 Å². The molecule has 0 aromatic rings. The number of carboxylic acids is 1. The first kappa shape index (κ1) is 16.1. The zero-order valence-corrected chi connectivity index (χ0v) is 13.1. The van der Waals surface area contributed by atoms with Crippen LogP contribution in [0.15, 0.2) is 0 Å². The normalized spacial score (nSPS) is 20.5. The molecular weight excluding hydrogens is 264 g/mol. The summed E-state index contributed by atoms with van der Waals surface area (Å²) in [6.07, 6.45) is 0.824. The lowest BCUT2D eigenvalue weighted by molar-refractivity contribution is -0.140. The Morgan fingerprint density at radius 2 is 1.89 bits per heavy atom. The first-order valence-electron chi connectivity index (χ1n) is 6.41. The van der Waals surface area contributed by atoms with Gasteiger partial charge in [0.05, 0.1) is 5.88 Å². The molecule has 19 heavy (non-hydrogen) atoms. The van der Waals surface area contributed by atoms with Crippen LogP contribution in [0.2, 0.25) is 0 Å². The van der Waals surface area contributed by atoms with E-state index in [1.807, 2.05) is 13.8 Å². The number of hydrogen-bond donors (Lipinski definition) is 2.